The molecule has 8 nitrogen and oxygen atoms in total. The lowest BCUT2D eigenvalue weighted by Crippen LogP contribution is -2.53. The van der Waals surface area contributed by atoms with Crippen LogP contribution in [0.5, 0.6) is 5.75 Å². The number of carbonyl (C=O) groups excluding carboxylic acids is 3. The Morgan fingerprint density at radius 3 is 2.43 bits per heavy atom. The molecule has 2 aromatic rings. The number of hydrogen-bond donors (Lipinski definition) is 1. The minimum Gasteiger partial charge on any atom is -0.496 e. The van der Waals surface area contributed by atoms with Gasteiger partial charge in [0.15, 0.2) is 5.76 Å². The summed E-state index contributed by atoms with van der Waals surface area (Å²) >= 11 is 0. The fourth-order valence-corrected chi connectivity index (χ4v) is 3.11. The SMILES string of the molecule is COc1ccccc1CCNC(=O)C(=O)N1CCN(C(=O)c2ccco2)CC1. The van der Waals surface area contributed by atoms with Gasteiger partial charge in [-0.3, -0.25) is 14.4 Å². The molecule has 1 aromatic carbocycles. The molecule has 0 spiro atoms. The number of piperazine rings is 1. The Morgan fingerprint density at radius 1 is 1.04 bits per heavy atom. The molecule has 0 saturated carbocycles. The van der Waals surface area contributed by atoms with Gasteiger partial charge in [0.2, 0.25) is 0 Å². The molecule has 2 heterocycles. The third-order valence-corrected chi connectivity index (χ3v) is 4.65. The van der Waals surface area contributed by atoms with Gasteiger partial charge in [0.25, 0.3) is 5.91 Å². The molecule has 3 rings (SSSR count). The topological polar surface area (TPSA) is 92.1 Å². The van der Waals surface area contributed by atoms with E-state index in [0.29, 0.717) is 39.1 Å². The van der Waals surface area contributed by atoms with Gasteiger partial charge in [0, 0.05) is 32.7 Å². The van der Waals surface area contributed by atoms with Crippen molar-refractivity contribution in [1.29, 1.82) is 0 Å². The van der Waals surface area contributed by atoms with Gasteiger partial charge in [0.1, 0.15) is 5.75 Å². The largest absolute Gasteiger partial charge is 0.496 e. The average Bonchev–Trinajstić information content (AvgIpc) is 3.28. The molecule has 0 radical (unpaired) electrons. The third-order valence-electron chi connectivity index (χ3n) is 4.65. The first-order valence-electron chi connectivity index (χ1n) is 9.12. The number of carbonyl (C=O) groups is 3. The van der Waals surface area contributed by atoms with E-state index in [1.165, 1.54) is 11.2 Å². The number of methoxy groups -OCH3 is 1. The number of rotatable bonds is 5. The number of para-hydroxylation sites is 1. The van der Waals surface area contributed by atoms with E-state index in [-0.39, 0.29) is 11.7 Å². The van der Waals surface area contributed by atoms with Gasteiger partial charge in [-0.25, -0.2) is 0 Å². The van der Waals surface area contributed by atoms with Crippen LogP contribution < -0.4 is 10.1 Å². The Bertz CT molecular complexity index is 826. The fourth-order valence-electron chi connectivity index (χ4n) is 3.11. The van der Waals surface area contributed by atoms with Crippen LogP contribution >= 0.6 is 0 Å². The maximum absolute atomic E-state index is 12.3. The first-order chi connectivity index (χ1) is 13.6. The highest BCUT2D eigenvalue weighted by Gasteiger charge is 2.28. The van der Waals surface area contributed by atoms with E-state index >= 15 is 0 Å². The lowest BCUT2D eigenvalue weighted by molar-refractivity contribution is -0.146. The van der Waals surface area contributed by atoms with Crippen molar-refractivity contribution in [3.05, 3.63) is 54.0 Å². The molecule has 1 aromatic heterocycles. The molecule has 1 N–H and O–H groups in total. The number of furan rings is 1. The van der Waals surface area contributed by atoms with E-state index in [2.05, 4.69) is 5.32 Å². The summed E-state index contributed by atoms with van der Waals surface area (Å²) in [6, 6.07) is 10.8. The minimum atomic E-state index is -0.638. The quantitative estimate of drug-likeness (QED) is 0.773. The predicted octanol–water partition coefficient (Wildman–Crippen LogP) is 0.931. The van der Waals surface area contributed by atoms with Crippen molar-refractivity contribution in [3.63, 3.8) is 0 Å². The molecule has 0 aliphatic carbocycles. The molecule has 1 aliphatic heterocycles. The molecule has 0 bridgehead atoms. The number of amides is 3. The van der Waals surface area contributed by atoms with Crippen LogP contribution in [0.25, 0.3) is 0 Å². The van der Waals surface area contributed by atoms with Crippen molar-refractivity contribution in [1.82, 2.24) is 15.1 Å². The third kappa shape index (κ3) is 4.51. The summed E-state index contributed by atoms with van der Waals surface area (Å²) in [6.45, 7) is 1.68. The van der Waals surface area contributed by atoms with Crippen molar-refractivity contribution in [2.75, 3.05) is 39.8 Å². The summed E-state index contributed by atoms with van der Waals surface area (Å²) in [5, 5.41) is 2.65. The fraction of sp³-hybridized carbons (Fsp3) is 0.350. The number of benzene rings is 1. The first-order valence-corrected chi connectivity index (χ1v) is 9.12. The zero-order valence-corrected chi connectivity index (χ0v) is 15.7. The molecule has 8 heteroatoms. The summed E-state index contributed by atoms with van der Waals surface area (Å²) in [7, 11) is 1.59. The lowest BCUT2D eigenvalue weighted by atomic mass is 10.1. The zero-order valence-electron chi connectivity index (χ0n) is 15.7. The van der Waals surface area contributed by atoms with Crippen molar-refractivity contribution in [3.8, 4) is 5.75 Å². The van der Waals surface area contributed by atoms with Crippen LogP contribution in [0.3, 0.4) is 0 Å². The second-order valence-electron chi connectivity index (χ2n) is 6.38. The molecule has 28 heavy (non-hydrogen) atoms. The highest BCUT2D eigenvalue weighted by molar-refractivity contribution is 6.35. The van der Waals surface area contributed by atoms with E-state index in [4.69, 9.17) is 9.15 Å². The number of hydrogen-bond acceptors (Lipinski definition) is 5. The highest BCUT2D eigenvalue weighted by Crippen LogP contribution is 2.17. The average molecular weight is 385 g/mol. The summed E-state index contributed by atoms with van der Waals surface area (Å²) in [4.78, 5) is 39.8. The Morgan fingerprint density at radius 2 is 1.75 bits per heavy atom. The molecular weight excluding hydrogens is 362 g/mol. The summed E-state index contributed by atoms with van der Waals surface area (Å²) < 4.78 is 10.4. The summed E-state index contributed by atoms with van der Waals surface area (Å²) in [5.41, 5.74) is 0.961. The summed E-state index contributed by atoms with van der Waals surface area (Å²) in [5.74, 6) is -0.404. The van der Waals surface area contributed by atoms with E-state index in [1.54, 1.807) is 24.1 Å². The van der Waals surface area contributed by atoms with Crippen LogP contribution in [-0.4, -0.2) is 67.4 Å². The highest BCUT2D eigenvalue weighted by atomic mass is 16.5. The lowest BCUT2D eigenvalue weighted by Gasteiger charge is -2.33. The summed E-state index contributed by atoms with van der Waals surface area (Å²) in [6.07, 6.45) is 2.01. The van der Waals surface area contributed by atoms with Gasteiger partial charge in [-0.05, 0) is 30.2 Å². The molecule has 148 valence electrons. The van der Waals surface area contributed by atoms with Crippen LogP contribution in [0.2, 0.25) is 0 Å². The van der Waals surface area contributed by atoms with Gasteiger partial charge in [-0.2, -0.15) is 0 Å². The van der Waals surface area contributed by atoms with E-state index in [9.17, 15) is 14.4 Å². The van der Waals surface area contributed by atoms with Gasteiger partial charge >= 0.3 is 11.8 Å². The van der Waals surface area contributed by atoms with Crippen LogP contribution in [-0.2, 0) is 16.0 Å². The first kappa shape index (κ1) is 19.5. The van der Waals surface area contributed by atoms with E-state index in [0.717, 1.165) is 11.3 Å². The number of nitrogens with zero attached hydrogens (tertiary/aromatic N) is 2. The predicted molar refractivity (Wildman–Crippen MR) is 101 cm³/mol. The molecule has 0 unspecified atom stereocenters. The monoisotopic (exact) mass is 385 g/mol. The minimum absolute atomic E-state index is 0.210. The van der Waals surface area contributed by atoms with Crippen molar-refractivity contribution < 1.29 is 23.5 Å². The van der Waals surface area contributed by atoms with Crippen molar-refractivity contribution in [2.24, 2.45) is 0 Å². The van der Waals surface area contributed by atoms with Gasteiger partial charge in [-0.1, -0.05) is 18.2 Å². The Kier molecular flexibility index (Phi) is 6.31. The zero-order chi connectivity index (χ0) is 19.9. The Labute approximate surface area is 163 Å². The van der Waals surface area contributed by atoms with Crippen LogP contribution in [0.15, 0.2) is 47.1 Å². The van der Waals surface area contributed by atoms with Gasteiger partial charge in [-0.15, -0.1) is 0 Å². The van der Waals surface area contributed by atoms with Crippen LogP contribution in [0.4, 0.5) is 0 Å². The van der Waals surface area contributed by atoms with Crippen LogP contribution in [0, 0.1) is 0 Å². The molecule has 1 fully saturated rings. The van der Waals surface area contributed by atoms with E-state index < -0.39 is 11.8 Å². The Hall–Kier alpha value is -3.29. The normalized spacial score (nSPS) is 13.9. The molecule has 0 atom stereocenters. The van der Waals surface area contributed by atoms with Gasteiger partial charge in [0.05, 0.1) is 13.4 Å². The molecule has 1 saturated heterocycles. The smallest absolute Gasteiger partial charge is 0.312 e. The second-order valence-corrected chi connectivity index (χ2v) is 6.38. The van der Waals surface area contributed by atoms with E-state index in [1.807, 2.05) is 24.3 Å². The van der Waals surface area contributed by atoms with Gasteiger partial charge < -0.3 is 24.3 Å². The van der Waals surface area contributed by atoms with Crippen molar-refractivity contribution in [2.45, 2.75) is 6.42 Å². The molecule has 3 amide bonds. The van der Waals surface area contributed by atoms with Crippen molar-refractivity contribution >= 4 is 17.7 Å². The maximum Gasteiger partial charge on any atom is 0.312 e. The maximum atomic E-state index is 12.3. The number of ether oxygens (including phenoxy) is 1. The second kappa shape index (κ2) is 9.07. The number of nitrogens with one attached hydrogen (secondary N) is 1. The van der Waals surface area contributed by atoms with Crippen LogP contribution in [0.1, 0.15) is 16.1 Å². The Balaban J connectivity index is 1.44. The molecular formula is C20H23N3O5. The standard InChI is InChI=1S/C20H23N3O5/c1-27-16-6-3-2-5-15(16)8-9-21-18(24)20(26)23-12-10-22(11-13-23)19(25)17-7-4-14-28-17/h2-7,14H,8-13H2,1H3,(H,21,24). The molecule has 1 aliphatic rings.